The lowest BCUT2D eigenvalue weighted by atomic mass is 10.1. The van der Waals surface area contributed by atoms with Crippen LogP contribution in [0.4, 0.5) is 15.8 Å². The smallest absolute Gasteiger partial charge is 0.257 e. The Morgan fingerprint density at radius 1 is 1.19 bits per heavy atom. The van der Waals surface area contributed by atoms with Crippen LogP contribution in [0.5, 0.6) is 0 Å². The maximum Gasteiger partial charge on any atom is 0.257 e. The summed E-state index contributed by atoms with van der Waals surface area (Å²) in [5, 5.41) is 2.79. The second-order valence-corrected chi connectivity index (χ2v) is 5.05. The highest BCUT2D eigenvalue weighted by Crippen LogP contribution is 2.20. The molecule has 5 heteroatoms. The number of amides is 1. The Kier molecular flexibility index (Phi) is 4.55. The summed E-state index contributed by atoms with van der Waals surface area (Å²) in [6.45, 7) is 0.690. The highest BCUT2D eigenvalue weighted by atomic mass is 19.1. The van der Waals surface area contributed by atoms with Crippen LogP contribution < -0.4 is 11.1 Å². The molecule has 0 bridgehead atoms. The fraction of sp³-hybridized carbons (Fsp3) is 0.188. The number of nitrogens with one attached hydrogen (secondary N) is 1. The number of hydrogen-bond acceptors (Lipinski definition) is 3. The number of carbonyl (C=O) groups is 1. The summed E-state index contributed by atoms with van der Waals surface area (Å²) in [6, 6.07) is 11.7. The SMILES string of the molecule is CN(C)Cc1ccccc1NC(=O)c1cccc(F)c1N. The number of anilines is 2. The molecule has 0 aliphatic rings. The highest BCUT2D eigenvalue weighted by molar-refractivity contribution is 6.08. The summed E-state index contributed by atoms with van der Waals surface area (Å²) >= 11 is 0. The number of nitrogen functional groups attached to an aromatic ring is 1. The maximum absolute atomic E-state index is 13.4. The van der Waals surface area contributed by atoms with E-state index in [0.717, 1.165) is 5.56 Å². The molecule has 3 N–H and O–H groups in total. The van der Waals surface area contributed by atoms with Crippen molar-refractivity contribution in [3.63, 3.8) is 0 Å². The normalized spacial score (nSPS) is 10.7. The largest absolute Gasteiger partial charge is 0.396 e. The third kappa shape index (κ3) is 3.58. The number of nitrogens with zero attached hydrogens (tertiary/aromatic N) is 1. The van der Waals surface area contributed by atoms with E-state index in [4.69, 9.17) is 5.73 Å². The van der Waals surface area contributed by atoms with Gasteiger partial charge in [-0.2, -0.15) is 0 Å². The number of halogens is 1. The van der Waals surface area contributed by atoms with Crippen LogP contribution in [-0.4, -0.2) is 24.9 Å². The number of carbonyl (C=O) groups excluding carboxylic acids is 1. The van der Waals surface area contributed by atoms with Crippen LogP contribution in [0.1, 0.15) is 15.9 Å². The van der Waals surface area contributed by atoms with Gasteiger partial charge in [0.05, 0.1) is 11.3 Å². The van der Waals surface area contributed by atoms with Crippen LogP contribution in [0.25, 0.3) is 0 Å². The molecule has 4 nitrogen and oxygen atoms in total. The topological polar surface area (TPSA) is 58.4 Å². The van der Waals surface area contributed by atoms with Crippen LogP contribution >= 0.6 is 0 Å². The van der Waals surface area contributed by atoms with E-state index >= 15 is 0 Å². The van der Waals surface area contributed by atoms with E-state index in [2.05, 4.69) is 5.32 Å². The number of para-hydroxylation sites is 2. The molecular weight excluding hydrogens is 269 g/mol. The van der Waals surface area contributed by atoms with Crippen molar-refractivity contribution in [2.24, 2.45) is 0 Å². The molecule has 0 radical (unpaired) electrons. The van der Waals surface area contributed by atoms with Gasteiger partial charge in [0.1, 0.15) is 5.82 Å². The Hall–Kier alpha value is -2.40. The molecule has 2 rings (SSSR count). The van der Waals surface area contributed by atoms with Crippen molar-refractivity contribution < 1.29 is 9.18 Å². The first kappa shape index (κ1) is 15.0. The maximum atomic E-state index is 13.4. The van der Waals surface area contributed by atoms with Gasteiger partial charge in [0.25, 0.3) is 5.91 Å². The minimum atomic E-state index is -0.593. The summed E-state index contributed by atoms with van der Waals surface area (Å²) in [7, 11) is 3.90. The van der Waals surface area contributed by atoms with Gasteiger partial charge in [-0.15, -0.1) is 0 Å². The molecule has 0 fully saturated rings. The number of rotatable bonds is 4. The summed E-state index contributed by atoms with van der Waals surface area (Å²) in [5.74, 6) is -1.01. The summed E-state index contributed by atoms with van der Waals surface area (Å²) < 4.78 is 13.4. The summed E-state index contributed by atoms with van der Waals surface area (Å²) in [4.78, 5) is 14.3. The van der Waals surface area contributed by atoms with E-state index in [9.17, 15) is 9.18 Å². The van der Waals surface area contributed by atoms with E-state index < -0.39 is 11.7 Å². The minimum absolute atomic E-state index is 0.134. The first-order valence-electron chi connectivity index (χ1n) is 6.57. The van der Waals surface area contributed by atoms with Gasteiger partial charge < -0.3 is 16.0 Å². The number of nitrogens with two attached hydrogens (primary N) is 1. The molecule has 0 saturated heterocycles. The molecule has 21 heavy (non-hydrogen) atoms. The third-order valence-corrected chi connectivity index (χ3v) is 3.05. The van der Waals surface area contributed by atoms with Gasteiger partial charge in [-0.1, -0.05) is 24.3 Å². The zero-order valence-corrected chi connectivity index (χ0v) is 12.1. The molecule has 0 aromatic heterocycles. The standard InChI is InChI=1S/C16H18FN3O/c1-20(2)10-11-6-3-4-9-14(11)19-16(21)12-7-5-8-13(17)15(12)18/h3-9H,10,18H2,1-2H3,(H,19,21). The lowest BCUT2D eigenvalue weighted by Gasteiger charge is -2.15. The lowest BCUT2D eigenvalue weighted by Crippen LogP contribution is -2.18. The van der Waals surface area contributed by atoms with Crippen LogP contribution in [0, 0.1) is 5.82 Å². The molecule has 1 amide bonds. The van der Waals surface area contributed by atoms with Gasteiger partial charge in [-0.25, -0.2) is 4.39 Å². The monoisotopic (exact) mass is 287 g/mol. The molecule has 0 atom stereocenters. The van der Waals surface area contributed by atoms with E-state index in [-0.39, 0.29) is 11.3 Å². The predicted molar refractivity (Wildman–Crippen MR) is 82.6 cm³/mol. The molecule has 2 aromatic rings. The minimum Gasteiger partial charge on any atom is -0.396 e. The fourth-order valence-electron chi connectivity index (χ4n) is 2.05. The van der Waals surface area contributed by atoms with E-state index in [0.29, 0.717) is 12.2 Å². The molecule has 0 heterocycles. The second kappa shape index (κ2) is 6.37. The zero-order valence-electron chi connectivity index (χ0n) is 12.1. The van der Waals surface area contributed by atoms with E-state index in [1.807, 2.05) is 43.3 Å². The molecule has 0 aliphatic heterocycles. The number of benzene rings is 2. The summed E-state index contributed by atoms with van der Waals surface area (Å²) in [5.41, 5.74) is 7.28. The van der Waals surface area contributed by atoms with Gasteiger partial charge in [0.15, 0.2) is 0 Å². The van der Waals surface area contributed by atoms with Crippen molar-refractivity contribution in [1.82, 2.24) is 4.90 Å². The fourth-order valence-corrected chi connectivity index (χ4v) is 2.05. The Bertz CT molecular complexity index is 656. The van der Waals surface area contributed by atoms with Crippen LogP contribution in [0.2, 0.25) is 0 Å². The van der Waals surface area contributed by atoms with Gasteiger partial charge in [0.2, 0.25) is 0 Å². The summed E-state index contributed by atoms with van der Waals surface area (Å²) in [6.07, 6.45) is 0. The molecule has 0 aliphatic carbocycles. The van der Waals surface area contributed by atoms with E-state index in [1.165, 1.54) is 18.2 Å². The molecule has 0 unspecified atom stereocenters. The predicted octanol–water partition coefficient (Wildman–Crippen LogP) is 2.72. The Labute approximate surface area is 123 Å². The first-order valence-corrected chi connectivity index (χ1v) is 6.57. The Morgan fingerprint density at radius 2 is 1.90 bits per heavy atom. The van der Waals surface area contributed by atoms with Crippen LogP contribution in [-0.2, 0) is 6.54 Å². The van der Waals surface area contributed by atoms with Crippen LogP contribution in [0.3, 0.4) is 0 Å². The van der Waals surface area contributed by atoms with Gasteiger partial charge >= 0.3 is 0 Å². The van der Waals surface area contributed by atoms with Gasteiger partial charge in [0, 0.05) is 12.2 Å². The van der Waals surface area contributed by atoms with Crippen molar-refractivity contribution in [2.75, 3.05) is 25.1 Å². The second-order valence-electron chi connectivity index (χ2n) is 5.05. The molecule has 0 saturated carbocycles. The quantitative estimate of drug-likeness (QED) is 0.850. The van der Waals surface area contributed by atoms with Crippen molar-refractivity contribution in [1.29, 1.82) is 0 Å². The lowest BCUT2D eigenvalue weighted by molar-refractivity contribution is 0.102. The molecule has 0 spiro atoms. The average Bonchev–Trinajstić information content (AvgIpc) is 2.43. The van der Waals surface area contributed by atoms with Crippen molar-refractivity contribution in [3.05, 3.63) is 59.4 Å². The number of hydrogen-bond donors (Lipinski definition) is 2. The average molecular weight is 287 g/mol. The van der Waals surface area contributed by atoms with Crippen molar-refractivity contribution >= 4 is 17.3 Å². The Balaban J connectivity index is 2.26. The first-order chi connectivity index (χ1) is 9.99. The molecular formula is C16H18FN3O. The zero-order chi connectivity index (χ0) is 15.4. The Morgan fingerprint density at radius 3 is 2.62 bits per heavy atom. The molecule has 110 valence electrons. The van der Waals surface area contributed by atoms with E-state index in [1.54, 1.807) is 0 Å². The van der Waals surface area contributed by atoms with Crippen molar-refractivity contribution in [2.45, 2.75) is 6.54 Å². The van der Waals surface area contributed by atoms with Gasteiger partial charge in [-0.05, 0) is 37.9 Å². The van der Waals surface area contributed by atoms with Gasteiger partial charge in [-0.3, -0.25) is 4.79 Å². The van der Waals surface area contributed by atoms with Crippen LogP contribution in [0.15, 0.2) is 42.5 Å². The highest BCUT2D eigenvalue weighted by Gasteiger charge is 2.14. The third-order valence-electron chi connectivity index (χ3n) is 3.05. The van der Waals surface area contributed by atoms with Crippen molar-refractivity contribution in [3.8, 4) is 0 Å². The molecule has 2 aromatic carbocycles.